The first-order valence-corrected chi connectivity index (χ1v) is 4.81. The summed E-state index contributed by atoms with van der Waals surface area (Å²) in [5.41, 5.74) is -0.548. The fourth-order valence-corrected chi connectivity index (χ4v) is 1.36. The first kappa shape index (κ1) is 11.1. The highest BCUT2D eigenvalue weighted by Crippen LogP contribution is 2.38. The minimum Gasteiger partial charge on any atom is -0.403 e. The third-order valence-electron chi connectivity index (χ3n) is 2.69. The second-order valence-electron chi connectivity index (χ2n) is 4.41. The van der Waals surface area contributed by atoms with Gasteiger partial charge in [-0.3, -0.25) is 0 Å². The number of halogens is 1. The smallest absolute Gasteiger partial charge is 0.403 e. The predicted octanol–water partition coefficient (Wildman–Crippen LogP) is 2.83. The van der Waals surface area contributed by atoms with Gasteiger partial charge in [-0.15, -0.1) is 0 Å². The molecule has 0 N–H and O–H groups in total. The first-order chi connectivity index (χ1) is 5.74. The molecule has 1 saturated heterocycles. The van der Waals surface area contributed by atoms with Gasteiger partial charge < -0.3 is 9.31 Å². The Kier molecular flexibility index (Phi) is 2.82. The van der Waals surface area contributed by atoms with E-state index in [1.54, 1.807) is 0 Å². The molecule has 0 aromatic carbocycles. The molecule has 2 nitrogen and oxygen atoms in total. The van der Waals surface area contributed by atoms with Crippen molar-refractivity contribution in [2.75, 3.05) is 0 Å². The van der Waals surface area contributed by atoms with Crippen LogP contribution >= 0.6 is 11.6 Å². The zero-order valence-electron chi connectivity index (χ0n) is 8.69. The van der Waals surface area contributed by atoms with Crippen LogP contribution in [0, 0.1) is 0 Å². The molecule has 1 aliphatic rings. The van der Waals surface area contributed by atoms with E-state index in [4.69, 9.17) is 20.9 Å². The zero-order valence-corrected chi connectivity index (χ0v) is 9.44. The second kappa shape index (κ2) is 3.30. The Morgan fingerprint density at radius 2 is 1.62 bits per heavy atom. The monoisotopic (exact) mass is 202 g/mol. The number of hydrogen-bond donors (Lipinski definition) is 0. The predicted molar refractivity (Wildman–Crippen MR) is 55.9 cm³/mol. The van der Waals surface area contributed by atoms with Gasteiger partial charge in [0.15, 0.2) is 0 Å². The van der Waals surface area contributed by atoms with Crippen LogP contribution in [-0.4, -0.2) is 18.3 Å². The van der Waals surface area contributed by atoms with Crippen LogP contribution < -0.4 is 0 Å². The highest BCUT2D eigenvalue weighted by Gasteiger charge is 2.50. The molecule has 0 atom stereocenters. The molecule has 4 heteroatoms. The lowest BCUT2D eigenvalue weighted by atomic mass is 9.85. The van der Waals surface area contributed by atoms with Gasteiger partial charge in [0.1, 0.15) is 0 Å². The largest absolute Gasteiger partial charge is 0.463 e. The van der Waals surface area contributed by atoms with Crippen molar-refractivity contribution in [2.24, 2.45) is 0 Å². The van der Waals surface area contributed by atoms with Crippen LogP contribution in [0.4, 0.5) is 0 Å². The standard InChI is InChI=1S/C9H16BClO2/c1-7(11)6-10-12-8(2,3)9(4,5)13-10/h1,6H2,2-5H3. The summed E-state index contributed by atoms with van der Waals surface area (Å²) >= 11 is 5.69. The van der Waals surface area contributed by atoms with Gasteiger partial charge >= 0.3 is 7.12 Å². The van der Waals surface area contributed by atoms with Crippen molar-refractivity contribution in [1.82, 2.24) is 0 Å². The van der Waals surface area contributed by atoms with E-state index in [9.17, 15) is 0 Å². The van der Waals surface area contributed by atoms with Gasteiger partial charge in [-0.2, -0.15) is 0 Å². The Hall–Kier alpha value is 0.0149. The third kappa shape index (κ3) is 2.28. The fourth-order valence-electron chi connectivity index (χ4n) is 1.23. The van der Waals surface area contributed by atoms with E-state index < -0.39 is 0 Å². The molecule has 0 bridgehead atoms. The van der Waals surface area contributed by atoms with Crippen LogP contribution in [0.2, 0.25) is 6.32 Å². The molecule has 13 heavy (non-hydrogen) atoms. The van der Waals surface area contributed by atoms with E-state index in [-0.39, 0.29) is 18.3 Å². The summed E-state index contributed by atoms with van der Waals surface area (Å²) in [6, 6.07) is 0. The molecule has 0 saturated carbocycles. The molecular weight excluding hydrogens is 186 g/mol. The summed E-state index contributed by atoms with van der Waals surface area (Å²) in [5.74, 6) is 0. The van der Waals surface area contributed by atoms with Gasteiger partial charge in [0.2, 0.25) is 0 Å². The molecule has 1 aliphatic heterocycles. The molecule has 1 rings (SSSR count). The molecule has 0 aromatic rings. The van der Waals surface area contributed by atoms with Gasteiger partial charge in [-0.05, 0) is 27.7 Å². The molecule has 1 heterocycles. The SMILES string of the molecule is C=C(Cl)CB1OC(C)(C)C(C)(C)O1. The summed E-state index contributed by atoms with van der Waals surface area (Å²) in [6.07, 6.45) is 0.550. The topological polar surface area (TPSA) is 18.5 Å². The van der Waals surface area contributed by atoms with Crippen molar-refractivity contribution >= 4 is 18.7 Å². The first-order valence-electron chi connectivity index (χ1n) is 4.43. The summed E-state index contributed by atoms with van der Waals surface area (Å²) in [6.45, 7) is 11.7. The van der Waals surface area contributed by atoms with E-state index >= 15 is 0 Å². The number of rotatable bonds is 2. The quantitative estimate of drug-likeness (QED) is 0.641. The van der Waals surface area contributed by atoms with Crippen LogP contribution in [-0.2, 0) is 9.31 Å². The van der Waals surface area contributed by atoms with Crippen LogP contribution in [0.15, 0.2) is 11.6 Å². The zero-order chi connectivity index (χ0) is 10.3. The van der Waals surface area contributed by atoms with Gasteiger partial charge in [0.05, 0.1) is 11.2 Å². The molecule has 0 unspecified atom stereocenters. The molecule has 1 fully saturated rings. The van der Waals surface area contributed by atoms with Crippen molar-refractivity contribution in [1.29, 1.82) is 0 Å². The Labute approximate surface area is 85.4 Å². The van der Waals surface area contributed by atoms with E-state index in [0.717, 1.165) is 0 Å². The fraction of sp³-hybridized carbons (Fsp3) is 0.778. The summed E-state index contributed by atoms with van der Waals surface area (Å²) < 4.78 is 11.4. The number of allylic oxidation sites excluding steroid dienone is 1. The molecular formula is C9H16BClO2. The second-order valence-corrected chi connectivity index (χ2v) is 4.94. The van der Waals surface area contributed by atoms with E-state index in [2.05, 4.69) is 6.58 Å². The lowest BCUT2D eigenvalue weighted by Crippen LogP contribution is -2.41. The van der Waals surface area contributed by atoms with E-state index in [1.807, 2.05) is 27.7 Å². The summed E-state index contributed by atoms with van der Waals surface area (Å²) in [5, 5.41) is 0.568. The van der Waals surface area contributed by atoms with Crippen LogP contribution in [0.3, 0.4) is 0 Å². The van der Waals surface area contributed by atoms with Gasteiger partial charge in [0, 0.05) is 11.4 Å². The minimum atomic E-state index is -0.274. The van der Waals surface area contributed by atoms with E-state index in [1.165, 1.54) is 0 Å². The Balaban J connectivity index is 2.65. The average molecular weight is 202 g/mol. The molecule has 0 aliphatic carbocycles. The molecule has 0 amide bonds. The highest BCUT2D eigenvalue weighted by molar-refractivity contribution is 6.49. The van der Waals surface area contributed by atoms with Gasteiger partial charge in [-0.25, -0.2) is 0 Å². The van der Waals surface area contributed by atoms with Crippen LogP contribution in [0.25, 0.3) is 0 Å². The Morgan fingerprint density at radius 1 is 1.23 bits per heavy atom. The maximum Gasteiger partial charge on any atom is 0.463 e. The normalized spacial score (nSPS) is 24.8. The Bertz CT molecular complexity index is 210. The van der Waals surface area contributed by atoms with Crippen LogP contribution in [0.5, 0.6) is 0 Å². The maximum absolute atomic E-state index is 5.71. The van der Waals surface area contributed by atoms with Gasteiger partial charge in [-0.1, -0.05) is 18.2 Å². The highest BCUT2D eigenvalue weighted by atomic mass is 35.5. The van der Waals surface area contributed by atoms with Gasteiger partial charge in [0.25, 0.3) is 0 Å². The van der Waals surface area contributed by atoms with E-state index in [0.29, 0.717) is 11.4 Å². The van der Waals surface area contributed by atoms with Crippen molar-refractivity contribution in [2.45, 2.75) is 45.2 Å². The lowest BCUT2D eigenvalue weighted by Gasteiger charge is -2.32. The maximum atomic E-state index is 5.71. The van der Waals surface area contributed by atoms with Crippen molar-refractivity contribution < 1.29 is 9.31 Å². The van der Waals surface area contributed by atoms with Crippen molar-refractivity contribution in [3.63, 3.8) is 0 Å². The Morgan fingerprint density at radius 3 is 1.92 bits per heavy atom. The third-order valence-corrected chi connectivity index (χ3v) is 2.84. The van der Waals surface area contributed by atoms with Crippen molar-refractivity contribution in [3.05, 3.63) is 11.6 Å². The minimum absolute atomic E-state index is 0.255. The molecule has 74 valence electrons. The summed E-state index contributed by atoms with van der Waals surface area (Å²) in [4.78, 5) is 0. The average Bonchev–Trinajstić information content (AvgIpc) is 1.98. The number of hydrogen-bond acceptors (Lipinski definition) is 2. The molecule has 0 aromatic heterocycles. The molecule has 0 radical (unpaired) electrons. The lowest BCUT2D eigenvalue weighted by molar-refractivity contribution is 0.00578. The molecule has 0 spiro atoms. The summed E-state index contributed by atoms with van der Waals surface area (Å²) in [7, 11) is -0.255. The van der Waals surface area contributed by atoms with Crippen molar-refractivity contribution in [3.8, 4) is 0 Å². The van der Waals surface area contributed by atoms with Crippen LogP contribution in [0.1, 0.15) is 27.7 Å².